The van der Waals surface area contributed by atoms with Gasteiger partial charge < -0.3 is 10.2 Å². The molecule has 2 atom stereocenters. The van der Waals surface area contributed by atoms with E-state index in [0.29, 0.717) is 24.5 Å². The van der Waals surface area contributed by atoms with Crippen LogP contribution in [-0.4, -0.2) is 36.0 Å². The highest BCUT2D eigenvalue weighted by molar-refractivity contribution is 7.10. The van der Waals surface area contributed by atoms with Gasteiger partial charge in [0.1, 0.15) is 0 Å². The fourth-order valence-electron chi connectivity index (χ4n) is 3.23. The fourth-order valence-corrected chi connectivity index (χ4v) is 3.93. The Morgan fingerprint density at radius 1 is 1.44 bits per heavy atom. The van der Waals surface area contributed by atoms with E-state index in [1.807, 2.05) is 29.5 Å². The Bertz CT molecular complexity index is 405. The van der Waals surface area contributed by atoms with E-state index < -0.39 is 0 Å². The molecule has 2 saturated heterocycles. The van der Waals surface area contributed by atoms with E-state index >= 15 is 0 Å². The number of hydrogen-bond acceptors (Lipinski definition) is 3. The van der Waals surface area contributed by atoms with Crippen LogP contribution in [0.15, 0.2) is 17.5 Å². The van der Waals surface area contributed by atoms with Crippen LogP contribution in [0.25, 0.3) is 0 Å². The van der Waals surface area contributed by atoms with Crippen molar-refractivity contribution < 1.29 is 4.79 Å². The summed E-state index contributed by atoms with van der Waals surface area (Å²) in [5, 5.41) is 5.66. The lowest BCUT2D eigenvalue weighted by Gasteiger charge is -2.35. The first-order chi connectivity index (χ1) is 8.72. The minimum absolute atomic E-state index is 0.267. The van der Waals surface area contributed by atoms with Gasteiger partial charge in [0, 0.05) is 30.1 Å². The van der Waals surface area contributed by atoms with Crippen molar-refractivity contribution in [3.8, 4) is 0 Å². The molecule has 3 rings (SSSR count). The number of fused-ring (bicyclic) bond motifs is 2. The standard InChI is InChI=1S/C14H20N2OS/c1-16(14(17)9-13-3-2-6-18-13)12-7-10-4-5-11(8-12)15-10/h2-3,6,10-12,15H,4-5,7-9H2,1H3. The Labute approximate surface area is 112 Å². The van der Waals surface area contributed by atoms with Gasteiger partial charge >= 0.3 is 0 Å². The van der Waals surface area contributed by atoms with Gasteiger partial charge in [-0.1, -0.05) is 6.07 Å². The van der Waals surface area contributed by atoms with Gasteiger partial charge in [-0.25, -0.2) is 0 Å². The SMILES string of the molecule is CN(C(=O)Cc1cccs1)C1CC2CCC(C1)N2. The summed E-state index contributed by atoms with van der Waals surface area (Å²) in [7, 11) is 1.98. The van der Waals surface area contributed by atoms with E-state index in [-0.39, 0.29) is 5.91 Å². The molecular formula is C14H20N2OS. The Hall–Kier alpha value is -0.870. The Morgan fingerprint density at radius 3 is 2.78 bits per heavy atom. The summed E-state index contributed by atoms with van der Waals surface area (Å²) >= 11 is 1.67. The van der Waals surface area contributed by atoms with E-state index in [9.17, 15) is 4.79 Å². The van der Waals surface area contributed by atoms with Crippen molar-refractivity contribution in [2.24, 2.45) is 0 Å². The summed E-state index contributed by atoms with van der Waals surface area (Å²) in [6, 6.07) is 5.79. The first-order valence-electron chi connectivity index (χ1n) is 6.76. The molecule has 2 bridgehead atoms. The quantitative estimate of drug-likeness (QED) is 0.906. The maximum absolute atomic E-state index is 12.3. The first kappa shape index (κ1) is 12.2. The molecule has 1 aromatic rings. The van der Waals surface area contributed by atoms with Gasteiger partial charge in [-0.05, 0) is 37.1 Å². The van der Waals surface area contributed by atoms with Gasteiger partial charge in [-0.2, -0.15) is 0 Å². The molecule has 1 aromatic heterocycles. The molecule has 0 aliphatic carbocycles. The van der Waals surface area contributed by atoms with E-state index in [4.69, 9.17) is 0 Å². The number of carbonyl (C=O) groups is 1. The second-order valence-electron chi connectivity index (χ2n) is 5.52. The number of amides is 1. The number of thiophene rings is 1. The van der Waals surface area contributed by atoms with Crippen LogP contribution < -0.4 is 5.32 Å². The zero-order valence-electron chi connectivity index (χ0n) is 10.8. The first-order valence-corrected chi connectivity index (χ1v) is 7.64. The molecule has 2 unspecified atom stereocenters. The molecule has 0 aromatic carbocycles. The van der Waals surface area contributed by atoms with Gasteiger partial charge in [0.05, 0.1) is 6.42 Å². The lowest BCUT2D eigenvalue weighted by Crippen LogP contribution is -2.49. The molecule has 98 valence electrons. The molecule has 1 N–H and O–H groups in total. The summed E-state index contributed by atoms with van der Waals surface area (Å²) < 4.78 is 0. The highest BCUT2D eigenvalue weighted by Gasteiger charge is 2.36. The van der Waals surface area contributed by atoms with E-state index in [2.05, 4.69) is 5.32 Å². The molecule has 2 aliphatic heterocycles. The van der Waals surface area contributed by atoms with E-state index in [1.54, 1.807) is 11.3 Å². The maximum atomic E-state index is 12.3. The van der Waals surface area contributed by atoms with Crippen LogP contribution >= 0.6 is 11.3 Å². The van der Waals surface area contributed by atoms with Crippen LogP contribution in [-0.2, 0) is 11.2 Å². The van der Waals surface area contributed by atoms with Crippen molar-refractivity contribution in [1.29, 1.82) is 0 Å². The van der Waals surface area contributed by atoms with Crippen molar-refractivity contribution in [3.63, 3.8) is 0 Å². The number of piperidine rings is 1. The summed E-state index contributed by atoms with van der Waals surface area (Å²) in [5.74, 6) is 0.267. The number of rotatable bonds is 3. The number of carbonyl (C=O) groups excluding carboxylic acids is 1. The summed E-state index contributed by atoms with van der Waals surface area (Å²) in [4.78, 5) is 15.4. The van der Waals surface area contributed by atoms with Crippen LogP contribution in [0.5, 0.6) is 0 Å². The Morgan fingerprint density at radius 2 is 2.17 bits per heavy atom. The summed E-state index contributed by atoms with van der Waals surface area (Å²) in [6.07, 6.45) is 5.39. The maximum Gasteiger partial charge on any atom is 0.227 e. The van der Waals surface area contributed by atoms with Gasteiger partial charge in [0.15, 0.2) is 0 Å². The van der Waals surface area contributed by atoms with Crippen molar-refractivity contribution in [2.75, 3.05) is 7.05 Å². The number of hydrogen-bond donors (Lipinski definition) is 1. The molecule has 3 nitrogen and oxygen atoms in total. The molecule has 2 fully saturated rings. The number of nitrogens with zero attached hydrogens (tertiary/aromatic N) is 1. The third kappa shape index (κ3) is 2.45. The van der Waals surface area contributed by atoms with Gasteiger partial charge in [0.25, 0.3) is 0 Å². The molecule has 0 radical (unpaired) electrons. The van der Waals surface area contributed by atoms with Crippen molar-refractivity contribution in [1.82, 2.24) is 10.2 Å². The zero-order chi connectivity index (χ0) is 12.5. The fraction of sp³-hybridized carbons (Fsp3) is 0.643. The molecule has 0 spiro atoms. The van der Waals surface area contributed by atoms with Crippen molar-refractivity contribution in [3.05, 3.63) is 22.4 Å². The smallest absolute Gasteiger partial charge is 0.227 e. The minimum atomic E-state index is 0.267. The van der Waals surface area contributed by atoms with Crippen LogP contribution in [0.2, 0.25) is 0 Å². The molecule has 4 heteroatoms. The molecule has 3 heterocycles. The monoisotopic (exact) mass is 264 g/mol. The minimum Gasteiger partial charge on any atom is -0.342 e. The largest absolute Gasteiger partial charge is 0.342 e. The van der Waals surface area contributed by atoms with Crippen LogP contribution in [0.1, 0.15) is 30.6 Å². The summed E-state index contributed by atoms with van der Waals surface area (Å²) in [5.41, 5.74) is 0. The molecule has 0 saturated carbocycles. The second-order valence-corrected chi connectivity index (χ2v) is 6.56. The highest BCUT2D eigenvalue weighted by atomic mass is 32.1. The van der Waals surface area contributed by atoms with Crippen LogP contribution in [0.4, 0.5) is 0 Å². The lowest BCUT2D eigenvalue weighted by atomic mass is 9.98. The number of nitrogens with one attached hydrogen (secondary N) is 1. The normalized spacial score (nSPS) is 30.4. The molecule has 18 heavy (non-hydrogen) atoms. The molecule has 2 aliphatic rings. The predicted octanol–water partition coefficient (Wildman–Crippen LogP) is 2.03. The van der Waals surface area contributed by atoms with E-state index in [1.165, 1.54) is 17.7 Å². The molecular weight excluding hydrogens is 244 g/mol. The topological polar surface area (TPSA) is 32.3 Å². The second kappa shape index (κ2) is 5.02. The van der Waals surface area contributed by atoms with Crippen molar-refractivity contribution >= 4 is 17.2 Å². The van der Waals surface area contributed by atoms with Crippen LogP contribution in [0, 0.1) is 0 Å². The van der Waals surface area contributed by atoms with Gasteiger partial charge in [-0.15, -0.1) is 11.3 Å². The van der Waals surface area contributed by atoms with Crippen LogP contribution in [0.3, 0.4) is 0 Å². The number of likely N-dealkylation sites (N-methyl/N-ethyl adjacent to an activating group) is 1. The van der Waals surface area contributed by atoms with E-state index in [0.717, 1.165) is 12.8 Å². The predicted molar refractivity (Wildman–Crippen MR) is 73.8 cm³/mol. The summed E-state index contributed by atoms with van der Waals surface area (Å²) in [6.45, 7) is 0. The average Bonchev–Trinajstić information content (AvgIpc) is 2.98. The lowest BCUT2D eigenvalue weighted by molar-refractivity contribution is -0.131. The third-order valence-corrected chi connectivity index (χ3v) is 5.17. The zero-order valence-corrected chi connectivity index (χ0v) is 11.6. The third-order valence-electron chi connectivity index (χ3n) is 4.29. The molecule has 1 amide bonds. The average molecular weight is 264 g/mol. The Kier molecular flexibility index (Phi) is 3.39. The Balaban J connectivity index is 1.60. The van der Waals surface area contributed by atoms with Gasteiger partial charge in [-0.3, -0.25) is 4.79 Å². The highest BCUT2D eigenvalue weighted by Crippen LogP contribution is 2.29. The van der Waals surface area contributed by atoms with Gasteiger partial charge in [0.2, 0.25) is 5.91 Å². The van der Waals surface area contributed by atoms with Crippen molar-refractivity contribution in [2.45, 2.75) is 50.2 Å².